The first-order chi connectivity index (χ1) is 11.2. The Kier molecular flexibility index (Phi) is 3.75. The Balaban J connectivity index is 1.79. The number of allylic oxidation sites excluding steroid dienone is 1. The molecule has 4 rings (SSSR count). The van der Waals surface area contributed by atoms with Crippen molar-refractivity contribution in [3.05, 3.63) is 65.1 Å². The molecule has 2 unspecified atom stereocenters. The van der Waals surface area contributed by atoms with E-state index in [1.165, 1.54) is 6.07 Å². The normalized spacial score (nSPS) is 22.1. The van der Waals surface area contributed by atoms with Gasteiger partial charge in [0, 0.05) is 17.3 Å². The lowest BCUT2D eigenvalue weighted by molar-refractivity contribution is 0.628. The lowest BCUT2D eigenvalue weighted by Crippen LogP contribution is -2.20. The van der Waals surface area contributed by atoms with E-state index in [0.717, 1.165) is 22.5 Å². The van der Waals surface area contributed by atoms with Crippen LogP contribution in [-0.2, 0) is 0 Å². The summed E-state index contributed by atoms with van der Waals surface area (Å²) in [5.41, 5.74) is 5.10. The smallest absolute Gasteiger partial charge is 0.141 e. The molecule has 3 nitrogen and oxygen atoms in total. The average Bonchev–Trinajstić information content (AvgIpc) is 3.05. The first-order valence-electron chi connectivity index (χ1n) is 7.06. The number of halogens is 2. The zero-order chi connectivity index (χ0) is 15.8. The fraction of sp³-hybridized carbons (Fsp3) is 0.118. The molecule has 3 heterocycles. The van der Waals surface area contributed by atoms with Crippen LogP contribution in [0, 0.1) is 5.82 Å². The van der Waals surface area contributed by atoms with Crippen LogP contribution in [0.25, 0.3) is 11.3 Å². The van der Waals surface area contributed by atoms with Gasteiger partial charge in [-0.1, -0.05) is 29.4 Å². The average molecular weight is 344 g/mol. The molecule has 1 aromatic carbocycles. The third-order valence-corrected chi connectivity index (χ3v) is 4.92. The number of dihydropyridines is 1. The number of aromatic nitrogens is 1. The van der Waals surface area contributed by atoms with Crippen LogP contribution < -0.4 is 0 Å². The number of benzene rings is 1. The number of thioether (sulfide) groups is 1. The van der Waals surface area contributed by atoms with E-state index in [1.54, 1.807) is 30.1 Å². The molecule has 0 aliphatic carbocycles. The minimum Gasteiger partial charge on any atom is -0.276 e. The van der Waals surface area contributed by atoms with Gasteiger partial charge in [-0.2, -0.15) is 0 Å². The summed E-state index contributed by atoms with van der Waals surface area (Å²) in [5, 5.41) is 0.167. The Morgan fingerprint density at radius 2 is 2.13 bits per heavy atom. The van der Waals surface area contributed by atoms with Crippen LogP contribution in [0.1, 0.15) is 5.56 Å². The first-order valence-corrected chi connectivity index (χ1v) is 8.38. The molecule has 2 aliphatic rings. The molecular formula is C17H11ClFN3S. The highest BCUT2D eigenvalue weighted by Gasteiger charge is 2.26. The molecule has 2 aromatic rings. The molecule has 23 heavy (non-hydrogen) atoms. The molecule has 0 fully saturated rings. The van der Waals surface area contributed by atoms with Crippen molar-refractivity contribution in [2.24, 2.45) is 9.98 Å². The standard InChI is InChI=1S/C17H11ClFN3S/c18-12-8-10(3-4-13(12)19)16-11(2-1-7-20-16)14-5-6-15-17(22-14)23-9-21-15/h1-9,15,17H. The number of hydrogen-bond donors (Lipinski definition) is 0. The Morgan fingerprint density at radius 1 is 1.22 bits per heavy atom. The van der Waals surface area contributed by atoms with E-state index in [0.29, 0.717) is 0 Å². The van der Waals surface area contributed by atoms with Gasteiger partial charge in [-0.25, -0.2) is 4.39 Å². The van der Waals surface area contributed by atoms with Crippen molar-refractivity contribution >= 4 is 34.6 Å². The van der Waals surface area contributed by atoms with Crippen LogP contribution in [0.3, 0.4) is 0 Å². The minimum atomic E-state index is -0.440. The van der Waals surface area contributed by atoms with Crippen molar-refractivity contribution in [2.45, 2.75) is 11.4 Å². The van der Waals surface area contributed by atoms with Crippen LogP contribution in [-0.4, -0.2) is 27.7 Å². The number of rotatable bonds is 2. The molecule has 114 valence electrons. The number of nitrogens with zero attached hydrogens (tertiary/aromatic N) is 3. The van der Waals surface area contributed by atoms with Crippen molar-refractivity contribution < 1.29 is 4.39 Å². The van der Waals surface area contributed by atoms with Gasteiger partial charge in [-0.3, -0.25) is 15.0 Å². The summed E-state index contributed by atoms with van der Waals surface area (Å²) in [6, 6.07) is 8.56. The summed E-state index contributed by atoms with van der Waals surface area (Å²) in [6.07, 6.45) is 5.73. The Labute approximate surface area is 142 Å². The number of hydrogen-bond acceptors (Lipinski definition) is 4. The number of pyridine rings is 1. The Hall–Kier alpha value is -1.98. The van der Waals surface area contributed by atoms with Crippen molar-refractivity contribution in [3.63, 3.8) is 0 Å². The summed E-state index contributed by atoms with van der Waals surface area (Å²) >= 11 is 7.52. The lowest BCUT2D eigenvalue weighted by atomic mass is 10.00. The number of fused-ring (bicyclic) bond motifs is 1. The maximum atomic E-state index is 13.4. The number of aliphatic imine (C=N–C) groups is 2. The summed E-state index contributed by atoms with van der Waals surface area (Å²) < 4.78 is 13.4. The largest absolute Gasteiger partial charge is 0.276 e. The maximum absolute atomic E-state index is 13.4. The van der Waals surface area contributed by atoms with Gasteiger partial charge in [0.1, 0.15) is 17.2 Å². The summed E-state index contributed by atoms with van der Waals surface area (Å²) in [5.74, 6) is -0.440. The Bertz CT molecular complexity index is 863. The van der Waals surface area contributed by atoms with Gasteiger partial charge in [0.2, 0.25) is 0 Å². The van der Waals surface area contributed by atoms with E-state index in [4.69, 9.17) is 16.6 Å². The van der Waals surface area contributed by atoms with Crippen molar-refractivity contribution in [2.75, 3.05) is 0 Å². The van der Waals surface area contributed by atoms with E-state index in [-0.39, 0.29) is 16.4 Å². The van der Waals surface area contributed by atoms with E-state index in [9.17, 15) is 4.39 Å². The van der Waals surface area contributed by atoms with Gasteiger partial charge in [-0.15, -0.1) is 0 Å². The molecule has 0 saturated heterocycles. The molecule has 6 heteroatoms. The maximum Gasteiger partial charge on any atom is 0.141 e. The molecule has 2 aliphatic heterocycles. The van der Waals surface area contributed by atoms with Gasteiger partial charge in [0.15, 0.2) is 0 Å². The van der Waals surface area contributed by atoms with Crippen LogP contribution in [0.2, 0.25) is 5.02 Å². The van der Waals surface area contributed by atoms with Crippen molar-refractivity contribution in [1.29, 1.82) is 0 Å². The molecule has 0 bridgehead atoms. The quantitative estimate of drug-likeness (QED) is 0.812. The van der Waals surface area contributed by atoms with Gasteiger partial charge in [-0.05, 0) is 36.4 Å². The van der Waals surface area contributed by atoms with Gasteiger partial charge < -0.3 is 0 Å². The van der Waals surface area contributed by atoms with Crippen molar-refractivity contribution in [3.8, 4) is 11.3 Å². The highest BCUT2D eigenvalue weighted by molar-refractivity contribution is 8.12. The third-order valence-electron chi connectivity index (χ3n) is 3.72. The van der Waals surface area contributed by atoms with E-state index < -0.39 is 5.82 Å². The zero-order valence-corrected chi connectivity index (χ0v) is 13.4. The second-order valence-corrected chi connectivity index (χ2v) is 6.55. The molecule has 0 radical (unpaired) electrons. The summed E-state index contributed by atoms with van der Waals surface area (Å²) in [7, 11) is 0. The van der Waals surface area contributed by atoms with E-state index in [2.05, 4.69) is 16.1 Å². The Morgan fingerprint density at radius 3 is 3.00 bits per heavy atom. The molecule has 1 aromatic heterocycles. The predicted molar refractivity (Wildman–Crippen MR) is 94.0 cm³/mol. The second-order valence-electron chi connectivity index (χ2n) is 5.17. The van der Waals surface area contributed by atoms with E-state index >= 15 is 0 Å². The van der Waals surface area contributed by atoms with E-state index in [1.807, 2.05) is 23.8 Å². The first kappa shape index (κ1) is 14.6. The third kappa shape index (κ3) is 2.71. The molecule has 0 N–H and O–H groups in total. The van der Waals surface area contributed by atoms with Crippen molar-refractivity contribution in [1.82, 2.24) is 4.98 Å². The molecule has 0 amide bonds. The molecule has 2 atom stereocenters. The zero-order valence-electron chi connectivity index (χ0n) is 11.9. The van der Waals surface area contributed by atoms with Gasteiger partial charge in [0.25, 0.3) is 0 Å². The second kappa shape index (κ2) is 5.91. The molecule has 0 spiro atoms. The van der Waals surface area contributed by atoms with Crippen LogP contribution in [0.5, 0.6) is 0 Å². The van der Waals surface area contributed by atoms with Crippen LogP contribution in [0.4, 0.5) is 4.39 Å². The van der Waals surface area contributed by atoms with Crippen LogP contribution >= 0.6 is 23.4 Å². The highest BCUT2D eigenvalue weighted by atomic mass is 35.5. The summed E-state index contributed by atoms with van der Waals surface area (Å²) in [6.45, 7) is 0. The molecule has 0 saturated carbocycles. The predicted octanol–water partition coefficient (Wildman–Crippen LogP) is 4.37. The fourth-order valence-corrected chi connectivity index (χ4v) is 3.60. The molecular weight excluding hydrogens is 333 g/mol. The monoisotopic (exact) mass is 343 g/mol. The topological polar surface area (TPSA) is 37.6 Å². The summed E-state index contributed by atoms with van der Waals surface area (Å²) in [4.78, 5) is 13.6. The highest BCUT2D eigenvalue weighted by Crippen LogP contribution is 2.31. The lowest BCUT2D eigenvalue weighted by Gasteiger charge is -2.17. The SMILES string of the molecule is Fc1ccc(-c2ncccc2C2=NC3SC=NC3C=C2)cc1Cl. The van der Waals surface area contributed by atoms with Crippen LogP contribution in [0.15, 0.2) is 58.7 Å². The van der Waals surface area contributed by atoms with Gasteiger partial charge in [0.05, 0.1) is 22.0 Å². The fourth-order valence-electron chi connectivity index (χ4n) is 2.59. The van der Waals surface area contributed by atoms with Gasteiger partial charge >= 0.3 is 0 Å². The minimum absolute atomic E-state index is 0.0832.